The number of benzene rings is 1. The maximum Gasteiger partial charge on any atom is 0.352 e. The van der Waals surface area contributed by atoms with Crippen LogP contribution in [0.4, 0.5) is 5.69 Å². The van der Waals surface area contributed by atoms with Crippen molar-refractivity contribution in [3.8, 4) is 0 Å². The number of fused-ring (bicyclic) bond motifs is 1. The van der Waals surface area contributed by atoms with E-state index in [0.717, 1.165) is 0 Å². The Kier molecular flexibility index (Phi) is 4.68. The van der Waals surface area contributed by atoms with Crippen LogP contribution in [0.2, 0.25) is 0 Å². The number of aliphatic carboxylic acids is 1. The number of nitro groups is 1. The van der Waals surface area contributed by atoms with Gasteiger partial charge in [-0.05, 0) is 18.1 Å². The molecule has 26 heavy (non-hydrogen) atoms. The molecule has 2 amide bonds. The smallest absolute Gasteiger partial charge is 0.352 e. The van der Waals surface area contributed by atoms with Crippen LogP contribution in [0.3, 0.4) is 0 Å². The van der Waals surface area contributed by atoms with Crippen molar-refractivity contribution in [2.75, 3.05) is 5.75 Å². The van der Waals surface area contributed by atoms with E-state index < -0.39 is 34.1 Å². The number of carboxylic acids is 1. The molecule has 10 heteroatoms. The van der Waals surface area contributed by atoms with Crippen molar-refractivity contribution in [2.24, 2.45) is 0 Å². The summed E-state index contributed by atoms with van der Waals surface area (Å²) < 4.78 is 0. The van der Waals surface area contributed by atoms with Crippen molar-refractivity contribution in [2.45, 2.75) is 24.8 Å². The van der Waals surface area contributed by atoms with Gasteiger partial charge in [0, 0.05) is 17.9 Å². The SMILES string of the molecule is CC1=C(C(=O)O)N2C(=O)C(NC(=O)Cc3ccc([N+](=O)[O-])cc3)[C@H]2SC1. The Morgan fingerprint density at radius 2 is 2.04 bits per heavy atom. The summed E-state index contributed by atoms with van der Waals surface area (Å²) in [5.74, 6) is -1.53. The molecule has 3 rings (SSSR count). The summed E-state index contributed by atoms with van der Waals surface area (Å²) in [4.78, 5) is 47.1. The molecule has 1 saturated heterocycles. The largest absolute Gasteiger partial charge is 0.477 e. The van der Waals surface area contributed by atoms with E-state index in [1.165, 1.54) is 40.9 Å². The minimum absolute atomic E-state index is 0.0142. The van der Waals surface area contributed by atoms with Gasteiger partial charge in [-0.3, -0.25) is 24.6 Å². The Hall–Kier alpha value is -2.88. The number of hydrogen-bond acceptors (Lipinski definition) is 6. The number of nitrogens with zero attached hydrogens (tertiary/aromatic N) is 2. The van der Waals surface area contributed by atoms with Crippen LogP contribution in [-0.2, 0) is 20.8 Å². The first kappa shape index (κ1) is 17.9. The van der Waals surface area contributed by atoms with Gasteiger partial charge in [0.25, 0.3) is 11.6 Å². The molecule has 0 spiro atoms. The molecular formula is C16H15N3O6S. The van der Waals surface area contributed by atoms with E-state index in [2.05, 4.69) is 5.32 Å². The van der Waals surface area contributed by atoms with E-state index in [4.69, 9.17) is 0 Å². The van der Waals surface area contributed by atoms with E-state index in [1.54, 1.807) is 6.92 Å². The number of carboxylic acid groups (broad SMARTS) is 1. The molecule has 1 aromatic carbocycles. The molecule has 1 aromatic rings. The quantitative estimate of drug-likeness (QED) is 0.443. The molecule has 2 N–H and O–H groups in total. The van der Waals surface area contributed by atoms with Gasteiger partial charge < -0.3 is 10.4 Å². The second-order valence-corrected chi connectivity index (χ2v) is 7.09. The number of thioether (sulfide) groups is 1. The minimum Gasteiger partial charge on any atom is -0.477 e. The first-order valence-electron chi connectivity index (χ1n) is 7.70. The van der Waals surface area contributed by atoms with E-state index >= 15 is 0 Å². The first-order chi connectivity index (χ1) is 12.3. The zero-order chi connectivity index (χ0) is 19.0. The third-order valence-corrected chi connectivity index (χ3v) is 5.61. The van der Waals surface area contributed by atoms with Crippen LogP contribution >= 0.6 is 11.8 Å². The average molecular weight is 377 g/mol. The summed E-state index contributed by atoms with van der Waals surface area (Å²) >= 11 is 1.40. The van der Waals surface area contributed by atoms with Gasteiger partial charge in [-0.15, -0.1) is 11.8 Å². The van der Waals surface area contributed by atoms with Crippen LogP contribution in [0, 0.1) is 10.1 Å². The van der Waals surface area contributed by atoms with Gasteiger partial charge in [0.15, 0.2) is 0 Å². The summed E-state index contributed by atoms with van der Waals surface area (Å²) in [7, 11) is 0. The Bertz CT molecular complexity index is 835. The highest BCUT2D eigenvalue weighted by Crippen LogP contribution is 2.40. The fourth-order valence-corrected chi connectivity index (χ4v) is 4.21. The number of nitro benzene ring substituents is 1. The predicted octanol–water partition coefficient (Wildman–Crippen LogP) is 0.896. The van der Waals surface area contributed by atoms with Crippen LogP contribution in [0.15, 0.2) is 35.5 Å². The van der Waals surface area contributed by atoms with Crippen LogP contribution in [-0.4, -0.2) is 49.9 Å². The maximum absolute atomic E-state index is 12.3. The van der Waals surface area contributed by atoms with Crippen molar-refractivity contribution < 1.29 is 24.4 Å². The second-order valence-electron chi connectivity index (χ2n) is 5.99. The van der Waals surface area contributed by atoms with Gasteiger partial charge in [0.2, 0.25) is 5.91 Å². The normalized spacial score (nSPS) is 21.7. The number of carbonyl (C=O) groups excluding carboxylic acids is 2. The van der Waals surface area contributed by atoms with Crippen LogP contribution < -0.4 is 5.32 Å². The lowest BCUT2D eigenvalue weighted by Gasteiger charge is -2.49. The highest BCUT2D eigenvalue weighted by atomic mass is 32.2. The molecule has 0 bridgehead atoms. The van der Waals surface area contributed by atoms with Crippen molar-refractivity contribution in [1.82, 2.24) is 10.2 Å². The van der Waals surface area contributed by atoms with Crippen molar-refractivity contribution in [3.63, 3.8) is 0 Å². The predicted molar refractivity (Wildman–Crippen MR) is 92.2 cm³/mol. The van der Waals surface area contributed by atoms with Gasteiger partial charge in [-0.2, -0.15) is 0 Å². The maximum atomic E-state index is 12.3. The summed E-state index contributed by atoms with van der Waals surface area (Å²) in [6, 6.07) is 4.81. The number of carbonyl (C=O) groups is 3. The zero-order valence-corrected chi connectivity index (χ0v) is 14.5. The second kappa shape index (κ2) is 6.79. The van der Waals surface area contributed by atoms with E-state index in [9.17, 15) is 29.6 Å². The van der Waals surface area contributed by atoms with Crippen LogP contribution in [0.5, 0.6) is 0 Å². The summed E-state index contributed by atoms with van der Waals surface area (Å²) in [6.45, 7) is 1.67. The number of nitrogens with one attached hydrogen (secondary N) is 1. The zero-order valence-electron chi connectivity index (χ0n) is 13.7. The van der Waals surface area contributed by atoms with Gasteiger partial charge in [0.1, 0.15) is 17.1 Å². The average Bonchev–Trinajstić information content (AvgIpc) is 2.59. The number of hydrogen-bond donors (Lipinski definition) is 2. The molecule has 1 unspecified atom stereocenters. The summed E-state index contributed by atoms with van der Waals surface area (Å²) in [6.07, 6.45) is -0.0280. The number of non-ortho nitro benzene ring substituents is 1. The standard InChI is InChI=1S/C16H15N3O6S/c1-8-7-26-15-12(14(21)18(15)13(8)16(22)23)17-11(20)6-9-2-4-10(5-3-9)19(24)25/h2-5,12,15H,6-7H2,1H3,(H,17,20)(H,22,23)/t12?,15-/m1/s1. The van der Waals surface area contributed by atoms with Gasteiger partial charge >= 0.3 is 5.97 Å². The summed E-state index contributed by atoms with van der Waals surface area (Å²) in [5.41, 5.74) is 1.11. The Labute approximate surface area is 152 Å². The lowest BCUT2D eigenvalue weighted by atomic mass is 10.0. The van der Waals surface area contributed by atoms with E-state index in [0.29, 0.717) is 16.9 Å². The molecule has 9 nitrogen and oxygen atoms in total. The fourth-order valence-electron chi connectivity index (χ4n) is 2.92. The molecule has 2 aliphatic rings. The van der Waals surface area contributed by atoms with Crippen LogP contribution in [0.1, 0.15) is 12.5 Å². The van der Waals surface area contributed by atoms with E-state index in [1.807, 2.05) is 0 Å². The molecule has 0 saturated carbocycles. The molecule has 0 radical (unpaired) electrons. The van der Waals surface area contributed by atoms with E-state index in [-0.39, 0.29) is 17.8 Å². The number of β-lactam (4-membered cyclic amide) rings is 1. The molecule has 0 aliphatic carbocycles. The number of rotatable bonds is 5. The van der Waals surface area contributed by atoms with Crippen molar-refractivity contribution >= 4 is 35.2 Å². The molecule has 136 valence electrons. The Morgan fingerprint density at radius 1 is 1.38 bits per heavy atom. The monoisotopic (exact) mass is 377 g/mol. The van der Waals surface area contributed by atoms with Gasteiger partial charge in [-0.1, -0.05) is 12.1 Å². The highest BCUT2D eigenvalue weighted by molar-refractivity contribution is 8.00. The van der Waals surface area contributed by atoms with Crippen molar-refractivity contribution in [1.29, 1.82) is 0 Å². The molecule has 2 heterocycles. The Morgan fingerprint density at radius 3 is 2.62 bits per heavy atom. The molecule has 2 aliphatic heterocycles. The first-order valence-corrected chi connectivity index (χ1v) is 8.75. The molecule has 2 atom stereocenters. The lowest BCUT2D eigenvalue weighted by Crippen LogP contribution is -2.70. The van der Waals surface area contributed by atoms with Crippen molar-refractivity contribution in [3.05, 3.63) is 51.2 Å². The third kappa shape index (κ3) is 3.15. The lowest BCUT2D eigenvalue weighted by molar-refractivity contribution is -0.384. The molecular weight excluding hydrogens is 362 g/mol. The topological polar surface area (TPSA) is 130 Å². The third-order valence-electron chi connectivity index (χ3n) is 4.19. The molecule has 1 fully saturated rings. The highest BCUT2D eigenvalue weighted by Gasteiger charge is 2.53. The van der Waals surface area contributed by atoms with Gasteiger partial charge in [-0.25, -0.2) is 4.79 Å². The Balaban J connectivity index is 1.64. The molecule has 0 aromatic heterocycles. The van der Waals surface area contributed by atoms with Gasteiger partial charge in [0.05, 0.1) is 11.3 Å². The minimum atomic E-state index is -1.16. The summed E-state index contributed by atoms with van der Waals surface area (Å²) in [5, 5.41) is 22.1. The fraction of sp³-hybridized carbons (Fsp3) is 0.312. The van der Waals surface area contributed by atoms with Crippen LogP contribution in [0.25, 0.3) is 0 Å². The number of amides is 2.